The summed E-state index contributed by atoms with van der Waals surface area (Å²) in [6.45, 7) is 0. The van der Waals surface area contributed by atoms with Crippen molar-refractivity contribution in [3.63, 3.8) is 0 Å². The number of hydrogen-bond acceptors (Lipinski definition) is 2. The minimum Gasteiger partial charge on any atom is -0.361 e. The van der Waals surface area contributed by atoms with Gasteiger partial charge >= 0.3 is 0 Å². The van der Waals surface area contributed by atoms with Gasteiger partial charge in [0.25, 0.3) is 10.5 Å². The van der Waals surface area contributed by atoms with Gasteiger partial charge in [0.05, 0.1) is 0 Å². The van der Waals surface area contributed by atoms with Gasteiger partial charge in [0, 0.05) is 16.5 Å². The maximum absolute atomic E-state index is 9.09. The molecule has 0 spiro atoms. The fraction of sp³-hybridized carbons (Fsp3) is 0. The molecule has 0 saturated carbocycles. The second kappa shape index (κ2) is 11.0. The Bertz CT molecular complexity index is 78.6. The third kappa shape index (κ3) is 17200. The Kier molecular flexibility index (Phi) is 19.6. The molecule has 0 heterocycles. The number of amides is 2. The average Bonchev–Trinajstić information content (AvgIpc) is 1.25. The first-order valence-corrected chi connectivity index (χ1v) is 2.33. The Labute approximate surface area is 73.5 Å². The van der Waals surface area contributed by atoms with Crippen LogP contribution in [0.25, 0.3) is 0 Å². The summed E-state index contributed by atoms with van der Waals surface area (Å²) in [7, 11) is 0. The van der Waals surface area contributed by atoms with E-state index in [1.54, 1.807) is 0 Å². The average molecular weight is 213 g/mol. The molecular formula is C2H6N2NiO2S2. The topological polar surface area (TPSA) is 86.2 Å². The van der Waals surface area contributed by atoms with E-state index >= 15 is 0 Å². The van der Waals surface area contributed by atoms with Crippen LogP contribution < -0.4 is 11.5 Å². The molecule has 4 nitrogen and oxygen atoms in total. The van der Waals surface area contributed by atoms with E-state index < -0.39 is 10.5 Å². The molecule has 0 unspecified atom stereocenters. The van der Waals surface area contributed by atoms with Crippen molar-refractivity contribution in [3.05, 3.63) is 0 Å². The predicted molar refractivity (Wildman–Crippen MR) is 37.1 cm³/mol. The fourth-order valence-corrected chi connectivity index (χ4v) is 0. The zero-order valence-corrected chi connectivity index (χ0v) is 6.96. The Morgan fingerprint density at radius 3 is 1.00 bits per heavy atom. The van der Waals surface area contributed by atoms with Crippen LogP contribution in [0.3, 0.4) is 0 Å². The number of carbonyl (C=O) groups is 2. The molecule has 4 N–H and O–H groups in total. The first-order chi connectivity index (χ1) is 3.46. The van der Waals surface area contributed by atoms with Crippen molar-refractivity contribution in [1.29, 1.82) is 0 Å². The number of nitrogens with two attached hydrogens (primary N) is 2. The number of hydrogen-bond donors (Lipinski definition) is 4. The van der Waals surface area contributed by atoms with Crippen molar-refractivity contribution in [1.82, 2.24) is 0 Å². The van der Waals surface area contributed by atoms with E-state index in [0.29, 0.717) is 0 Å². The zero-order chi connectivity index (χ0) is 7.15. The summed E-state index contributed by atoms with van der Waals surface area (Å²) in [6, 6.07) is 0. The van der Waals surface area contributed by atoms with Crippen LogP contribution in [0.15, 0.2) is 0 Å². The molecule has 0 aliphatic heterocycles. The quantitative estimate of drug-likeness (QED) is 0.336. The number of primary amides is 2. The number of carbonyl (C=O) groups excluding carboxylic acids is 2. The van der Waals surface area contributed by atoms with Gasteiger partial charge in [-0.1, -0.05) is 25.3 Å². The molecule has 0 saturated heterocycles. The fourth-order valence-electron chi connectivity index (χ4n) is 0. The molecule has 0 atom stereocenters. The molecule has 0 bridgehead atoms. The first-order valence-electron chi connectivity index (χ1n) is 1.43. The summed E-state index contributed by atoms with van der Waals surface area (Å²) >= 11 is 6.21. The van der Waals surface area contributed by atoms with Gasteiger partial charge < -0.3 is 11.5 Å². The normalized spacial score (nSPS) is 5.56. The van der Waals surface area contributed by atoms with E-state index in [2.05, 4.69) is 36.7 Å². The summed E-state index contributed by atoms with van der Waals surface area (Å²) < 4.78 is 0. The third-order valence-electron chi connectivity index (χ3n) is 0. The Morgan fingerprint density at radius 1 is 1.00 bits per heavy atom. The molecule has 0 rings (SSSR count). The number of rotatable bonds is 0. The molecule has 9 heavy (non-hydrogen) atoms. The van der Waals surface area contributed by atoms with Crippen LogP contribution in [-0.2, 0) is 16.5 Å². The summed E-state index contributed by atoms with van der Waals surface area (Å²) in [5.41, 5.74) is 8.67. The van der Waals surface area contributed by atoms with E-state index in [0.717, 1.165) is 0 Å². The summed E-state index contributed by atoms with van der Waals surface area (Å²) in [5, 5.41) is -1.28. The SMILES string of the molecule is NC(=O)S.NC(=O)S.[Ni]. The van der Waals surface area contributed by atoms with Gasteiger partial charge in [0.2, 0.25) is 0 Å². The van der Waals surface area contributed by atoms with Gasteiger partial charge in [-0.2, -0.15) is 0 Å². The molecule has 0 radical (unpaired) electrons. The summed E-state index contributed by atoms with van der Waals surface area (Å²) in [5.74, 6) is 0. The van der Waals surface area contributed by atoms with E-state index in [1.807, 2.05) is 0 Å². The monoisotopic (exact) mass is 212 g/mol. The van der Waals surface area contributed by atoms with Crippen LogP contribution in [0.5, 0.6) is 0 Å². The standard InChI is InChI=1S/2CH3NOS.Ni/c2*2-1(3)4;/h2*(H3,2,3,4);. The zero-order valence-electron chi connectivity index (χ0n) is 4.18. The van der Waals surface area contributed by atoms with Crippen molar-refractivity contribution in [2.75, 3.05) is 0 Å². The van der Waals surface area contributed by atoms with Crippen LogP contribution in [0.4, 0.5) is 9.59 Å². The van der Waals surface area contributed by atoms with E-state index in [9.17, 15) is 0 Å². The minimum absolute atomic E-state index is 0. The first kappa shape index (κ1) is 16.1. The molecule has 7 heteroatoms. The van der Waals surface area contributed by atoms with Crippen LogP contribution in [0.2, 0.25) is 0 Å². The number of thiol groups is 2. The second-order valence-electron chi connectivity index (χ2n) is 0.676. The maximum atomic E-state index is 9.09. The molecule has 0 aromatic rings. The van der Waals surface area contributed by atoms with Gasteiger partial charge in [0.1, 0.15) is 0 Å². The Hall–Kier alpha value is 0.134. The third-order valence-corrected chi connectivity index (χ3v) is 0. The largest absolute Gasteiger partial charge is 0.361 e. The molecule has 2 amide bonds. The van der Waals surface area contributed by atoms with E-state index in [-0.39, 0.29) is 16.5 Å². The van der Waals surface area contributed by atoms with Crippen molar-refractivity contribution in [2.45, 2.75) is 0 Å². The predicted octanol–water partition coefficient (Wildman–Crippen LogP) is -0.0127. The smallest absolute Gasteiger partial charge is 0.273 e. The van der Waals surface area contributed by atoms with E-state index in [1.165, 1.54) is 0 Å². The van der Waals surface area contributed by atoms with Crippen LogP contribution in [0, 0.1) is 0 Å². The second-order valence-corrected chi connectivity index (χ2v) is 1.56. The maximum Gasteiger partial charge on any atom is 0.273 e. The van der Waals surface area contributed by atoms with E-state index in [4.69, 9.17) is 9.59 Å². The molecular weight excluding hydrogens is 207 g/mol. The van der Waals surface area contributed by atoms with Crippen LogP contribution in [-0.4, -0.2) is 10.5 Å². The van der Waals surface area contributed by atoms with Gasteiger partial charge in [-0.25, -0.2) is 0 Å². The van der Waals surface area contributed by atoms with Crippen LogP contribution >= 0.6 is 25.3 Å². The summed E-state index contributed by atoms with van der Waals surface area (Å²) in [4.78, 5) is 18.2. The summed E-state index contributed by atoms with van der Waals surface area (Å²) in [6.07, 6.45) is 0. The molecule has 58 valence electrons. The molecule has 0 fully saturated rings. The van der Waals surface area contributed by atoms with Crippen molar-refractivity contribution >= 4 is 35.7 Å². The minimum atomic E-state index is -0.639. The molecule has 0 aliphatic rings. The van der Waals surface area contributed by atoms with Gasteiger partial charge in [-0.05, 0) is 0 Å². The van der Waals surface area contributed by atoms with Gasteiger partial charge in [0.15, 0.2) is 0 Å². The van der Waals surface area contributed by atoms with Crippen LogP contribution in [0.1, 0.15) is 0 Å². The Morgan fingerprint density at radius 2 is 1.00 bits per heavy atom. The molecule has 0 aromatic carbocycles. The molecule has 0 aliphatic carbocycles. The molecule has 0 aromatic heterocycles. The Balaban J connectivity index is -0.0000000720. The van der Waals surface area contributed by atoms with Gasteiger partial charge in [-0.15, -0.1) is 0 Å². The van der Waals surface area contributed by atoms with Crippen molar-refractivity contribution < 1.29 is 26.1 Å². The van der Waals surface area contributed by atoms with Gasteiger partial charge in [-0.3, -0.25) is 9.59 Å². The van der Waals surface area contributed by atoms with Crippen molar-refractivity contribution in [2.24, 2.45) is 11.5 Å². The van der Waals surface area contributed by atoms with Crippen molar-refractivity contribution in [3.8, 4) is 0 Å².